The van der Waals surface area contributed by atoms with Crippen molar-refractivity contribution in [3.63, 3.8) is 0 Å². The summed E-state index contributed by atoms with van der Waals surface area (Å²) in [4.78, 5) is 14.1. The molecule has 0 unspecified atom stereocenters. The van der Waals surface area contributed by atoms with Crippen LogP contribution in [0.15, 0.2) is 24.3 Å². The van der Waals surface area contributed by atoms with Gasteiger partial charge < -0.3 is 15.0 Å². The summed E-state index contributed by atoms with van der Waals surface area (Å²) < 4.78 is 4.82. The average Bonchev–Trinajstić information content (AvgIpc) is 2.53. The van der Waals surface area contributed by atoms with Gasteiger partial charge in [0.15, 0.2) is 0 Å². The molecule has 1 aromatic rings. The summed E-state index contributed by atoms with van der Waals surface area (Å²) in [6.07, 6.45) is 3.82. The van der Waals surface area contributed by atoms with Gasteiger partial charge in [0.25, 0.3) is 0 Å². The molecule has 0 amide bonds. The fourth-order valence-corrected chi connectivity index (χ4v) is 2.86. The van der Waals surface area contributed by atoms with Gasteiger partial charge in [-0.15, -0.1) is 0 Å². The molecule has 1 heterocycles. The van der Waals surface area contributed by atoms with E-state index in [9.17, 15) is 4.79 Å². The lowest BCUT2D eigenvalue weighted by Crippen LogP contribution is -2.31. The van der Waals surface area contributed by atoms with Crippen molar-refractivity contribution in [3.05, 3.63) is 35.4 Å². The Morgan fingerprint density at radius 3 is 2.76 bits per heavy atom. The van der Waals surface area contributed by atoms with Gasteiger partial charge in [0.1, 0.15) is 0 Å². The van der Waals surface area contributed by atoms with Gasteiger partial charge in [0.05, 0.1) is 12.7 Å². The predicted octanol–water partition coefficient (Wildman–Crippen LogP) is 2.29. The molecule has 0 saturated carbocycles. The van der Waals surface area contributed by atoms with E-state index >= 15 is 0 Å². The van der Waals surface area contributed by atoms with Crippen molar-refractivity contribution in [1.29, 1.82) is 0 Å². The minimum absolute atomic E-state index is 0.261. The highest BCUT2D eigenvalue weighted by Gasteiger charge is 2.16. The number of nitrogens with one attached hydrogen (secondary N) is 1. The van der Waals surface area contributed by atoms with Crippen LogP contribution in [0.5, 0.6) is 0 Å². The van der Waals surface area contributed by atoms with E-state index in [0.717, 1.165) is 24.6 Å². The van der Waals surface area contributed by atoms with Crippen LogP contribution >= 0.6 is 0 Å². The van der Waals surface area contributed by atoms with E-state index in [-0.39, 0.29) is 5.97 Å². The fourth-order valence-electron chi connectivity index (χ4n) is 2.86. The van der Waals surface area contributed by atoms with E-state index in [1.54, 1.807) is 0 Å². The molecule has 0 radical (unpaired) electrons. The van der Waals surface area contributed by atoms with Gasteiger partial charge in [-0.3, -0.25) is 0 Å². The number of piperidine rings is 1. The Balaban J connectivity index is 1.75. The zero-order chi connectivity index (χ0) is 15.1. The Hall–Kier alpha value is -1.39. The molecule has 1 fully saturated rings. The molecule has 1 aromatic carbocycles. The zero-order valence-electron chi connectivity index (χ0n) is 13.1. The second-order valence-electron chi connectivity index (χ2n) is 5.86. The molecule has 4 heteroatoms. The minimum Gasteiger partial charge on any atom is -0.465 e. The van der Waals surface area contributed by atoms with Gasteiger partial charge in [-0.1, -0.05) is 18.2 Å². The summed E-state index contributed by atoms with van der Waals surface area (Å²) in [6.45, 7) is 4.16. The van der Waals surface area contributed by atoms with Crippen LogP contribution in [0.2, 0.25) is 0 Å². The van der Waals surface area contributed by atoms with Gasteiger partial charge in [0, 0.05) is 6.54 Å². The predicted molar refractivity (Wildman–Crippen MR) is 84.3 cm³/mol. The number of rotatable bonds is 6. The van der Waals surface area contributed by atoms with Crippen LogP contribution in [0.4, 0.5) is 0 Å². The third-order valence-electron chi connectivity index (χ3n) is 4.31. The molecule has 0 spiro atoms. The molecule has 21 heavy (non-hydrogen) atoms. The smallest absolute Gasteiger partial charge is 0.338 e. The lowest BCUT2D eigenvalue weighted by Gasteiger charge is -2.28. The molecule has 1 aliphatic heterocycles. The Morgan fingerprint density at radius 1 is 1.33 bits per heavy atom. The molecule has 4 nitrogen and oxygen atoms in total. The average molecular weight is 290 g/mol. The lowest BCUT2D eigenvalue weighted by molar-refractivity contribution is 0.0599. The fraction of sp³-hybridized carbons (Fsp3) is 0.588. The highest BCUT2D eigenvalue weighted by Crippen LogP contribution is 2.18. The molecular formula is C17H26N2O2. The first-order valence-electron chi connectivity index (χ1n) is 7.76. The van der Waals surface area contributed by atoms with Crippen LogP contribution in [0, 0.1) is 5.92 Å². The molecule has 116 valence electrons. The van der Waals surface area contributed by atoms with Crippen LogP contribution in [-0.2, 0) is 11.3 Å². The highest BCUT2D eigenvalue weighted by atomic mass is 16.5. The van der Waals surface area contributed by atoms with Crippen LogP contribution in [-0.4, -0.2) is 44.7 Å². The standard InChI is InChI=1S/C17H26N2O2/c1-19-11-8-14(9-12-19)7-10-18-13-15-5-3-4-6-16(15)17(20)21-2/h3-6,14,18H,7-13H2,1-2H3. The second-order valence-corrected chi connectivity index (χ2v) is 5.86. The van der Waals surface area contributed by atoms with Crippen molar-refractivity contribution in [2.24, 2.45) is 5.92 Å². The van der Waals surface area contributed by atoms with Gasteiger partial charge in [-0.05, 0) is 63.5 Å². The van der Waals surface area contributed by atoms with Gasteiger partial charge in [0.2, 0.25) is 0 Å². The topological polar surface area (TPSA) is 41.6 Å². The quantitative estimate of drug-likeness (QED) is 0.645. The van der Waals surface area contributed by atoms with Crippen molar-refractivity contribution in [3.8, 4) is 0 Å². The lowest BCUT2D eigenvalue weighted by atomic mass is 9.94. The first-order valence-corrected chi connectivity index (χ1v) is 7.76. The summed E-state index contributed by atoms with van der Waals surface area (Å²) in [5.74, 6) is 0.576. The molecule has 1 saturated heterocycles. The van der Waals surface area contributed by atoms with E-state index in [1.807, 2.05) is 24.3 Å². The maximum Gasteiger partial charge on any atom is 0.338 e. The van der Waals surface area contributed by atoms with Crippen molar-refractivity contribution < 1.29 is 9.53 Å². The number of nitrogens with zero attached hydrogens (tertiary/aromatic N) is 1. The highest BCUT2D eigenvalue weighted by molar-refractivity contribution is 5.90. The third kappa shape index (κ3) is 4.83. The number of methoxy groups -OCH3 is 1. The van der Waals surface area contributed by atoms with Crippen LogP contribution in [0.3, 0.4) is 0 Å². The summed E-state index contributed by atoms with van der Waals surface area (Å²) in [5, 5.41) is 3.46. The SMILES string of the molecule is COC(=O)c1ccccc1CNCCC1CCN(C)CC1. The van der Waals surface area contributed by atoms with Gasteiger partial charge in [-0.25, -0.2) is 4.79 Å². The Labute approximate surface area is 127 Å². The number of esters is 1. The maximum absolute atomic E-state index is 11.7. The number of benzene rings is 1. The first-order chi connectivity index (χ1) is 10.2. The maximum atomic E-state index is 11.7. The summed E-state index contributed by atoms with van der Waals surface area (Å²) >= 11 is 0. The molecule has 0 bridgehead atoms. The Bertz CT molecular complexity index is 454. The first kappa shape index (κ1) is 16.0. The molecular weight excluding hydrogens is 264 g/mol. The van der Waals surface area contributed by atoms with Crippen molar-refractivity contribution in [2.45, 2.75) is 25.8 Å². The van der Waals surface area contributed by atoms with Crippen molar-refractivity contribution >= 4 is 5.97 Å². The van der Waals surface area contributed by atoms with Gasteiger partial charge in [-0.2, -0.15) is 0 Å². The summed E-state index contributed by atoms with van der Waals surface area (Å²) in [5.41, 5.74) is 1.67. The van der Waals surface area contributed by atoms with Gasteiger partial charge >= 0.3 is 5.97 Å². The number of hydrogen-bond donors (Lipinski definition) is 1. The molecule has 1 aliphatic rings. The third-order valence-corrected chi connectivity index (χ3v) is 4.31. The van der Waals surface area contributed by atoms with E-state index in [1.165, 1.54) is 39.5 Å². The summed E-state index contributed by atoms with van der Waals surface area (Å²) in [6, 6.07) is 7.63. The van der Waals surface area contributed by atoms with E-state index in [2.05, 4.69) is 17.3 Å². The number of ether oxygens (including phenoxy) is 1. The van der Waals surface area contributed by atoms with E-state index < -0.39 is 0 Å². The summed E-state index contributed by atoms with van der Waals surface area (Å²) in [7, 11) is 3.62. The van der Waals surface area contributed by atoms with Crippen LogP contribution < -0.4 is 5.32 Å². The largest absolute Gasteiger partial charge is 0.465 e. The minimum atomic E-state index is -0.261. The number of hydrogen-bond acceptors (Lipinski definition) is 4. The molecule has 1 N–H and O–H groups in total. The Kier molecular flexibility index (Phi) is 6.21. The molecule has 0 aliphatic carbocycles. The molecule has 0 aromatic heterocycles. The molecule has 2 rings (SSSR count). The van der Waals surface area contributed by atoms with E-state index in [0.29, 0.717) is 5.56 Å². The normalized spacial score (nSPS) is 16.9. The van der Waals surface area contributed by atoms with Crippen molar-refractivity contribution in [1.82, 2.24) is 10.2 Å². The number of carbonyl (C=O) groups is 1. The monoisotopic (exact) mass is 290 g/mol. The number of carbonyl (C=O) groups excluding carboxylic acids is 1. The molecule has 0 atom stereocenters. The van der Waals surface area contributed by atoms with E-state index in [4.69, 9.17) is 4.74 Å². The zero-order valence-corrected chi connectivity index (χ0v) is 13.1. The second kappa shape index (κ2) is 8.15. The number of likely N-dealkylation sites (tertiary alicyclic amines) is 1. The Morgan fingerprint density at radius 2 is 2.05 bits per heavy atom. The van der Waals surface area contributed by atoms with Crippen molar-refractivity contribution in [2.75, 3.05) is 33.8 Å². The van der Waals surface area contributed by atoms with Crippen LogP contribution in [0.25, 0.3) is 0 Å². The van der Waals surface area contributed by atoms with Crippen LogP contribution in [0.1, 0.15) is 35.2 Å².